The van der Waals surface area contributed by atoms with Crippen molar-refractivity contribution in [2.45, 2.75) is 10.8 Å². The van der Waals surface area contributed by atoms with Crippen LogP contribution < -0.4 is 15.4 Å². The number of benzene rings is 2. The molecule has 0 saturated carbocycles. The molecule has 10 nitrogen and oxygen atoms in total. The molecule has 0 aliphatic carbocycles. The Morgan fingerprint density at radius 1 is 1.06 bits per heavy atom. The van der Waals surface area contributed by atoms with E-state index in [0.29, 0.717) is 41.5 Å². The van der Waals surface area contributed by atoms with E-state index in [-0.39, 0.29) is 20.7 Å². The second kappa shape index (κ2) is 11.2. The van der Waals surface area contributed by atoms with Crippen LogP contribution >= 0.6 is 22.9 Å². The Bertz CT molecular complexity index is 1230. The van der Waals surface area contributed by atoms with Gasteiger partial charge in [0.15, 0.2) is 0 Å². The summed E-state index contributed by atoms with van der Waals surface area (Å²) in [6.07, 6.45) is 0.617. The summed E-state index contributed by atoms with van der Waals surface area (Å²) in [4.78, 5) is 24.8. The first-order valence-electron chi connectivity index (χ1n) is 9.59. The van der Waals surface area contributed by atoms with Gasteiger partial charge >= 0.3 is 0 Å². The van der Waals surface area contributed by atoms with Crippen LogP contribution in [-0.4, -0.2) is 50.7 Å². The van der Waals surface area contributed by atoms with Crippen LogP contribution in [0.25, 0.3) is 0 Å². The van der Waals surface area contributed by atoms with Crippen molar-refractivity contribution in [3.05, 3.63) is 64.7 Å². The van der Waals surface area contributed by atoms with E-state index in [2.05, 4.69) is 25.6 Å². The number of rotatable bonds is 10. The van der Waals surface area contributed by atoms with Gasteiger partial charge in [0.05, 0.1) is 11.3 Å². The minimum atomic E-state index is -4.16. The molecule has 2 amide bonds. The molecule has 3 aromatic rings. The SMILES string of the molecule is COCCCNC(=O)c1ccccc1NS(=O)(=O)c1nnc(NC(=O)c2ccc(Cl)cc2)s1. The van der Waals surface area contributed by atoms with Gasteiger partial charge in [-0.05, 0) is 42.8 Å². The number of sulfonamides is 1. The summed E-state index contributed by atoms with van der Waals surface area (Å²) < 4.78 is 32.5. The topological polar surface area (TPSA) is 139 Å². The van der Waals surface area contributed by atoms with Gasteiger partial charge in [0.2, 0.25) is 5.13 Å². The molecule has 0 fully saturated rings. The van der Waals surface area contributed by atoms with Crippen LogP contribution in [0.4, 0.5) is 10.8 Å². The number of hydrogen-bond acceptors (Lipinski definition) is 8. The standard InChI is InChI=1S/C20H20ClN5O5S2/c1-31-12-4-11-22-18(28)15-5-2-3-6-16(15)26-33(29,30)20-25-24-19(32-20)23-17(27)13-7-9-14(21)10-8-13/h2-3,5-10,26H,4,11-12H2,1H3,(H,22,28)(H,23,24,27). The Kier molecular flexibility index (Phi) is 8.33. The lowest BCUT2D eigenvalue weighted by Gasteiger charge is -2.11. The molecule has 0 bridgehead atoms. The van der Waals surface area contributed by atoms with Crippen molar-refractivity contribution in [2.24, 2.45) is 0 Å². The van der Waals surface area contributed by atoms with Gasteiger partial charge in [-0.25, -0.2) is 0 Å². The number of nitrogens with one attached hydrogen (secondary N) is 3. The van der Waals surface area contributed by atoms with Gasteiger partial charge < -0.3 is 10.1 Å². The van der Waals surface area contributed by atoms with Crippen molar-refractivity contribution in [1.29, 1.82) is 0 Å². The maximum absolute atomic E-state index is 12.8. The zero-order chi connectivity index (χ0) is 23.8. The monoisotopic (exact) mass is 509 g/mol. The average Bonchev–Trinajstić information content (AvgIpc) is 3.27. The lowest BCUT2D eigenvalue weighted by Crippen LogP contribution is -2.26. The normalized spacial score (nSPS) is 11.1. The van der Waals surface area contributed by atoms with E-state index in [1.807, 2.05) is 0 Å². The predicted molar refractivity (Wildman–Crippen MR) is 125 cm³/mol. The summed E-state index contributed by atoms with van der Waals surface area (Å²) in [6.45, 7) is 0.864. The molecule has 3 rings (SSSR count). The Morgan fingerprint density at radius 2 is 1.79 bits per heavy atom. The van der Waals surface area contributed by atoms with E-state index >= 15 is 0 Å². The lowest BCUT2D eigenvalue weighted by molar-refractivity contribution is 0.0948. The smallest absolute Gasteiger partial charge is 0.291 e. The van der Waals surface area contributed by atoms with E-state index in [9.17, 15) is 18.0 Å². The maximum atomic E-state index is 12.8. The number of hydrogen-bond donors (Lipinski definition) is 3. The first-order valence-corrected chi connectivity index (χ1v) is 12.3. The van der Waals surface area contributed by atoms with Gasteiger partial charge in [0.25, 0.3) is 26.2 Å². The highest BCUT2D eigenvalue weighted by Gasteiger charge is 2.23. The molecule has 0 saturated heterocycles. The number of halogens is 1. The summed E-state index contributed by atoms with van der Waals surface area (Å²) >= 11 is 6.48. The highest BCUT2D eigenvalue weighted by atomic mass is 35.5. The van der Waals surface area contributed by atoms with Crippen LogP contribution in [0.3, 0.4) is 0 Å². The number of aromatic nitrogens is 2. The molecule has 0 radical (unpaired) electrons. The van der Waals surface area contributed by atoms with Crippen LogP contribution in [0.1, 0.15) is 27.1 Å². The second-order valence-electron chi connectivity index (χ2n) is 6.59. The Labute approximate surface area is 199 Å². The molecule has 13 heteroatoms. The first kappa shape index (κ1) is 24.6. The predicted octanol–water partition coefficient (Wildman–Crippen LogP) is 3.01. The van der Waals surface area contributed by atoms with E-state index in [0.717, 1.165) is 0 Å². The molecule has 2 aromatic carbocycles. The molecule has 1 aromatic heterocycles. The first-order chi connectivity index (χ1) is 15.8. The van der Waals surface area contributed by atoms with E-state index in [1.54, 1.807) is 31.4 Å². The number of carbonyl (C=O) groups excluding carboxylic acids is 2. The Hall–Kier alpha value is -3.06. The second-order valence-corrected chi connectivity index (χ2v) is 9.86. The van der Waals surface area contributed by atoms with Crippen molar-refractivity contribution in [2.75, 3.05) is 30.3 Å². The zero-order valence-corrected chi connectivity index (χ0v) is 19.8. The molecule has 0 unspecified atom stereocenters. The molecular weight excluding hydrogens is 490 g/mol. The van der Waals surface area contributed by atoms with Crippen LogP contribution in [-0.2, 0) is 14.8 Å². The highest BCUT2D eigenvalue weighted by molar-refractivity contribution is 7.94. The molecule has 0 spiro atoms. The lowest BCUT2D eigenvalue weighted by atomic mass is 10.1. The van der Waals surface area contributed by atoms with Crippen molar-refractivity contribution < 1.29 is 22.7 Å². The number of methoxy groups -OCH3 is 1. The van der Waals surface area contributed by atoms with Crippen LogP contribution in [0.15, 0.2) is 52.9 Å². The van der Waals surface area contributed by atoms with Gasteiger partial charge in [-0.2, -0.15) is 8.42 Å². The Morgan fingerprint density at radius 3 is 2.52 bits per heavy atom. The summed E-state index contributed by atoms with van der Waals surface area (Å²) in [5.74, 6) is -0.923. The van der Waals surface area contributed by atoms with Crippen molar-refractivity contribution in [1.82, 2.24) is 15.5 Å². The van der Waals surface area contributed by atoms with E-state index in [4.69, 9.17) is 16.3 Å². The minimum absolute atomic E-state index is 0.000466. The molecule has 1 heterocycles. The number of nitrogens with zero attached hydrogens (tertiary/aromatic N) is 2. The fourth-order valence-electron chi connectivity index (χ4n) is 2.61. The largest absolute Gasteiger partial charge is 0.385 e. The third kappa shape index (κ3) is 6.71. The third-order valence-electron chi connectivity index (χ3n) is 4.19. The molecule has 33 heavy (non-hydrogen) atoms. The van der Waals surface area contributed by atoms with Crippen molar-refractivity contribution in [3.63, 3.8) is 0 Å². The van der Waals surface area contributed by atoms with Gasteiger partial charge in [-0.3, -0.25) is 19.6 Å². The van der Waals surface area contributed by atoms with Crippen molar-refractivity contribution in [3.8, 4) is 0 Å². The third-order valence-corrected chi connectivity index (χ3v) is 7.01. The molecule has 0 aliphatic heterocycles. The van der Waals surface area contributed by atoms with Gasteiger partial charge in [-0.15, -0.1) is 10.2 Å². The number of carbonyl (C=O) groups is 2. The number of amides is 2. The van der Waals surface area contributed by atoms with Crippen LogP contribution in [0.2, 0.25) is 5.02 Å². The van der Waals surface area contributed by atoms with Crippen LogP contribution in [0, 0.1) is 0 Å². The fourth-order valence-corrected chi connectivity index (χ4v) is 4.71. The van der Waals surface area contributed by atoms with Gasteiger partial charge in [0.1, 0.15) is 0 Å². The maximum Gasteiger partial charge on any atom is 0.291 e. The number of para-hydroxylation sites is 1. The van der Waals surface area contributed by atoms with E-state index < -0.39 is 21.8 Å². The average molecular weight is 510 g/mol. The summed E-state index contributed by atoms with van der Waals surface area (Å²) in [7, 11) is -2.59. The highest BCUT2D eigenvalue weighted by Crippen LogP contribution is 2.25. The zero-order valence-electron chi connectivity index (χ0n) is 17.4. The molecule has 174 valence electrons. The fraction of sp³-hybridized carbons (Fsp3) is 0.200. The summed E-state index contributed by atoms with van der Waals surface area (Å²) in [5, 5.41) is 13.1. The number of ether oxygens (including phenoxy) is 1. The Balaban J connectivity index is 1.70. The minimum Gasteiger partial charge on any atom is -0.385 e. The van der Waals surface area contributed by atoms with Gasteiger partial charge in [-0.1, -0.05) is 35.1 Å². The van der Waals surface area contributed by atoms with Crippen molar-refractivity contribution >= 4 is 55.6 Å². The molecule has 3 N–H and O–H groups in total. The quantitative estimate of drug-likeness (QED) is 0.282. The molecule has 0 aliphatic rings. The summed E-state index contributed by atoms with van der Waals surface area (Å²) in [6, 6.07) is 12.3. The summed E-state index contributed by atoms with van der Waals surface area (Å²) in [5.41, 5.74) is 0.561. The van der Waals surface area contributed by atoms with Gasteiger partial charge in [0, 0.05) is 30.8 Å². The molecular formula is C20H20ClN5O5S2. The number of anilines is 2. The molecule has 0 atom stereocenters. The van der Waals surface area contributed by atoms with E-state index in [1.165, 1.54) is 24.3 Å². The van der Waals surface area contributed by atoms with Crippen LogP contribution in [0.5, 0.6) is 0 Å².